The molecule has 0 bridgehead atoms. The molecule has 0 nitrogen and oxygen atoms in total. The van der Waals surface area contributed by atoms with Gasteiger partial charge < -0.3 is 0 Å². The lowest BCUT2D eigenvalue weighted by Crippen LogP contribution is -1.94. The minimum atomic E-state index is 0.496. The Bertz CT molecular complexity index is 825. The van der Waals surface area contributed by atoms with E-state index < -0.39 is 0 Å². The molecular weight excluding hydrogens is 276 g/mol. The Balaban J connectivity index is 2.13. The first-order valence-electron chi connectivity index (χ1n) is 8.32. The monoisotopic (exact) mass is 300 g/mol. The molecule has 23 heavy (non-hydrogen) atoms. The molecule has 0 aliphatic carbocycles. The lowest BCUT2D eigenvalue weighted by atomic mass is 9.89. The van der Waals surface area contributed by atoms with Crippen LogP contribution < -0.4 is 0 Å². The Labute approximate surface area is 139 Å². The van der Waals surface area contributed by atoms with Gasteiger partial charge in [-0.05, 0) is 47.6 Å². The molecular formula is C23H24. The first-order valence-corrected chi connectivity index (χ1v) is 8.32. The van der Waals surface area contributed by atoms with Gasteiger partial charge in [0.25, 0.3) is 0 Å². The highest BCUT2D eigenvalue weighted by atomic mass is 14.2. The smallest absolute Gasteiger partial charge is 0.0149 e. The lowest BCUT2D eigenvalue weighted by molar-refractivity contribution is 0.869. The van der Waals surface area contributed by atoms with Crippen LogP contribution in [0.4, 0.5) is 0 Å². The van der Waals surface area contributed by atoms with Crippen LogP contribution in [0.25, 0.3) is 22.3 Å². The molecule has 0 atom stereocenters. The zero-order valence-corrected chi connectivity index (χ0v) is 14.4. The Morgan fingerprint density at radius 3 is 1.78 bits per heavy atom. The van der Waals surface area contributed by atoms with E-state index in [1.54, 1.807) is 0 Å². The summed E-state index contributed by atoms with van der Waals surface area (Å²) in [5.41, 5.74) is 9.27. The van der Waals surface area contributed by atoms with Gasteiger partial charge in [0, 0.05) is 0 Å². The average Bonchev–Trinajstić information content (AvgIpc) is 2.54. The fourth-order valence-electron chi connectivity index (χ4n) is 3.12. The highest BCUT2D eigenvalue weighted by molar-refractivity contribution is 5.74. The molecule has 3 aromatic carbocycles. The quantitative estimate of drug-likeness (QED) is 0.501. The SMILES string of the molecule is Cc1cccc(-c2ccc(-c3cccc(C)c3)c(C(C)C)c2)c1. The normalized spacial score (nSPS) is 11.0. The molecule has 0 N–H and O–H groups in total. The van der Waals surface area contributed by atoms with E-state index in [1.807, 2.05) is 0 Å². The number of benzene rings is 3. The summed E-state index contributed by atoms with van der Waals surface area (Å²) in [7, 11) is 0. The van der Waals surface area contributed by atoms with Gasteiger partial charge in [0.15, 0.2) is 0 Å². The molecule has 0 aliphatic heterocycles. The zero-order chi connectivity index (χ0) is 16.4. The van der Waals surface area contributed by atoms with Crippen LogP contribution in [-0.2, 0) is 0 Å². The van der Waals surface area contributed by atoms with E-state index in [-0.39, 0.29) is 0 Å². The van der Waals surface area contributed by atoms with Crippen LogP contribution in [0.15, 0.2) is 66.7 Å². The molecule has 3 aromatic rings. The van der Waals surface area contributed by atoms with Gasteiger partial charge in [0.1, 0.15) is 0 Å². The summed E-state index contributed by atoms with van der Waals surface area (Å²) in [4.78, 5) is 0. The molecule has 0 spiro atoms. The van der Waals surface area contributed by atoms with E-state index in [1.165, 1.54) is 38.9 Å². The Hall–Kier alpha value is -2.34. The van der Waals surface area contributed by atoms with Crippen molar-refractivity contribution in [1.82, 2.24) is 0 Å². The largest absolute Gasteiger partial charge is 0.0614 e. The van der Waals surface area contributed by atoms with Gasteiger partial charge in [0.2, 0.25) is 0 Å². The van der Waals surface area contributed by atoms with E-state index in [0.717, 1.165) is 0 Å². The summed E-state index contributed by atoms with van der Waals surface area (Å²) in [6, 6.07) is 24.4. The molecule has 0 amide bonds. The maximum atomic E-state index is 2.36. The van der Waals surface area contributed by atoms with Crippen LogP contribution in [-0.4, -0.2) is 0 Å². The van der Waals surface area contributed by atoms with E-state index in [4.69, 9.17) is 0 Å². The van der Waals surface area contributed by atoms with Crippen molar-refractivity contribution >= 4 is 0 Å². The third kappa shape index (κ3) is 3.37. The van der Waals surface area contributed by atoms with Gasteiger partial charge in [-0.1, -0.05) is 91.7 Å². The molecule has 0 fully saturated rings. The standard InChI is InChI=1S/C23H24/c1-16(2)23-15-20(19-9-5-7-17(3)13-19)11-12-22(23)21-10-6-8-18(4)14-21/h5-16H,1-4H3. The van der Waals surface area contributed by atoms with E-state index >= 15 is 0 Å². The molecule has 116 valence electrons. The van der Waals surface area contributed by atoms with Gasteiger partial charge in [-0.2, -0.15) is 0 Å². The number of aryl methyl sites for hydroxylation is 2. The van der Waals surface area contributed by atoms with E-state index in [0.29, 0.717) is 5.92 Å². The van der Waals surface area contributed by atoms with Gasteiger partial charge >= 0.3 is 0 Å². The molecule has 0 saturated carbocycles. The van der Waals surface area contributed by atoms with Crippen LogP contribution in [0, 0.1) is 13.8 Å². The first-order chi connectivity index (χ1) is 11.0. The van der Waals surface area contributed by atoms with Crippen LogP contribution in [0.2, 0.25) is 0 Å². The summed E-state index contributed by atoms with van der Waals surface area (Å²) in [6.07, 6.45) is 0. The molecule has 0 unspecified atom stereocenters. The summed E-state index contributed by atoms with van der Waals surface area (Å²) in [5.74, 6) is 0.496. The van der Waals surface area contributed by atoms with Gasteiger partial charge in [-0.3, -0.25) is 0 Å². The number of hydrogen-bond acceptors (Lipinski definition) is 0. The molecule has 0 saturated heterocycles. The van der Waals surface area contributed by atoms with E-state index in [9.17, 15) is 0 Å². The van der Waals surface area contributed by atoms with Crippen molar-refractivity contribution in [2.75, 3.05) is 0 Å². The summed E-state index contributed by atoms with van der Waals surface area (Å²) in [6.45, 7) is 8.84. The van der Waals surface area contributed by atoms with Crippen molar-refractivity contribution in [2.45, 2.75) is 33.6 Å². The molecule has 3 rings (SSSR count). The summed E-state index contributed by atoms with van der Waals surface area (Å²) >= 11 is 0. The second-order valence-electron chi connectivity index (χ2n) is 6.70. The fraction of sp³-hybridized carbons (Fsp3) is 0.217. The van der Waals surface area contributed by atoms with Crippen LogP contribution >= 0.6 is 0 Å². The van der Waals surface area contributed by atoms with Gasteiger partial charge in [-0.25, -0.2) is 0 Å². The van der Waals surface area contributed by atoms with Crippen LogP contribution in [0.3, 0.4) is 0 Å². The van der Waals surface area contributed by atoms with Crippen molar-refractivity contribution in [2.24, 2.45) is 0 Å². The molecule has 0 radical (unpaired) electrons. The highest BCUT2D eigenvalue weighted by Gasteiger charge is 2.11. The Morgan fingerprint density at radius 2 is 1.17 bits per heavy atom. The first kappa shape index (κ1) is 15.6. The van der Waals surface area contributed by atoms with Crippen molar-refractivity contribution < 1.29 is 0 Å². The van der Waals surface area contributed by atoms with Gasteiger partial charge in [0.05, 0.1) is 0 Å². The van der Waals surface area contributed by atoms with Crippen molar-refractivity contribution in [3.8, 4) is 22.3 Å². The lowest BCUT2D eigenvalue weighted by Gasteiger charge is -2.16. The van der Waals surface area contributed by atoms with Crippen molar-refractivity contribution in [1.29, 1.82) is 0 Å². The zero-order valence-electron chi connectivity index (χ0n) is 14.4. The highest BCUT2D eigenvalue weighted by Crippen LogP contribution is 2.33. The van der Waals surface area contributed by atoms with Crippen molar-refractivity contribution in [3.63, 3.8) is 0 Å². The van der Waals surface area contributed by atoms with Crippen LogP contribution in [0.1, 0.15) is 36.5 Å². The summed E-state index contributed by atoms with van der Waals surface area (Å²) in [5, 5.41) is 0. The third-order valence-corrected chi connectivity index (χ3v) is 4.35. The minimum Gasteiger partial charge on any atom is -0.0614 e. The van der Waals surface area contributed by atoms with Crippen LogP contribution in [0.5, 0.6) is 0 Å². The second-order valence-corrected chi connectivity index (χ2v) is 6.70. The predicted octanol–water partition coefficient (Wildman–Crippen LogP) is 6.76. The maximum Gasteiger partial charge on any atom is -0.0149 e. The average molecular weight is 300 g/mol. The van der Waals surface area contributed by atoms with Gasteiger partial charge in [-0.15, -0.1) is 0 Å². The predicted molar refractivity (Wildman–Crippen MR) is 101 cm³/mol. The molecule has 0 aromatic heterocycles. The Morgan fingerprint density at radius 1 is 0.609 bits per heavy atom. The topological polar surface area (TPSA) is 0 Å². The summed E-state index contributed by atoms with van der Waals surface area (Å²) < 4.78 is 0. The number of rotatable bonds is 3. The molecule has 0 aliphatic rings. The molecule has 0 heteroatoms. The minimum absolute atomic E-state index is 0.496. The maximum absolute atomic E-state index is 2.36. The van der Waals surface area contributed by atoms with E-state index in [2.05, 4.69) is 94.4 Å². The third-order valence-electron chi connectivity index (χ3n) is 4.35. The Kier molecular flexibility index (Phi) is 4.34. The number of hydrogen-bond donors (Lipinski definition) is 0. The fourth-order valence-corrected chi connectivity index (χ4v) is 3.12. The van der Waals surface area contributed by atoms with Crippen molar-refractivity contribution in [3.05, 3.63) is 83.4 Å². The molecule has 0 heterocycles. The second kappa shape index (κ2) is 6.42.